The number of aromatic amines is 1. The second-order valence-corrected chi connectivity index (χ2v) is 9.42. The van der Waals surface area contributed by atoms with Gasteiger partial charge in [0, 0.05) is 61.2 Å². The standard InChI is InChI=1S/C25H26ClF2N5O3/c1-14(2)33-21(24(35)32(3)4)13-15-11-16(12-19(22(15)33)20-9-10-29-31-20)23(34)30-17-5-7-18(8-6-17)36-25(26,27)28/h5-12,14,21H,13H2,1-4H3,(H,29,31)(H,30,34). The molecule has 0 saturated heterocycles. The van der Waals surface area contributed by atoms with E-state index in [1.165, 1.54) is 24.3 Å². The molecule has 1 aliphatic heterocycles. The predicted molar refractivity (Wildman–Crippen MR) is 134 cm³/mol. The summed E-state index contributed by atoms with van der Waals surface area (Å²) in [7, 11) is 3.45. The number of alkyl halides is 3. The van der Waals surface area contributed by atoms with Gasteiger partial charge in [-0.25, -0.2) is 0 Å². The molecule has 0 bridgehead atoms. The van der Waals surface area contributed by atoms with Crippen molar-refractivity contribution in [1.29, 1.82) is 0 Å². The van der Waals surface area contributed by atoms with E-state index >= 15 is 0 Å². The van der Waals surface area contributed by atoms with Crippen LogP contribution in [-0.2, 0) is 11.2 Å². The fraction of sp³-hybridized carbons (Fsp3) is 0.320. The molecule has 0 fully saturated rings. The van der Waals surface area contributed by atoms with Gasteiger partial charge in [0.25, 0.3) is 5.91 Å². The number of benzene rings is 2. The normalized spacial score (nSPS) is 15.1. The van der Waals surface area contributed by atoms with Gasteiger partial charge in [-0.05, 0) is 61.9 Å². The monoisotopic (exact) mass is 517 g/mol. The van der Waals surface area contributed by atoms with Crippen molar-refractivity contribution in [3.8, 4) is 17.0 Å². The Bertz CT molecular complexity index is 1260. The van der Waals surface area contributed by atoms with Gasteiger partial charge in [0.05, 0.1) is 11.4 Å². The molecule has 2 aromatic carbocycles. The smallest absolute Gasteiger partial charge is 0.420 e. The lowest BCUT2D eigenvalue weighted by molar-refractivity contribution is -0.130. The Morgan fingerprint density at radius 2 is 1.92 bits per heavy atom. The number of nitrogens with one attached hydrogen (secondary N) is 2. The number of H-pyrrole nitrogens is 1. The van der Waals surface area contributed by atoms with Gasteiger partial charge in [0.1, 0.15) is 11.8 Å². The molecular formula is C25H26ClF2N5O3. The molecule has 2 amide bonds. The third-order valence-corrected chi connectivity index (χ3v) is 5.95. The van der Waals surface area contributed by atoms with E-state index in [1.54, 1.807) is 37.3 Å². The Kier molecular flexibility index (Phi) is 6.90. The summed E-state index contributed by atoms with van der Waals surface area (Å²) < 4.78 is 30.0. The summed E-state index contributed by atoms with van der Waals surface area (Å²) in [6.45, 7) is 4.05. The number of likely N-dealkylation sites (N-methyl/N-ethyl adjacent to an activating group) is 1. The van der Waals surface area contributed by atoms with Gasteiger partial charge in [-0.3, -0.25) is 14.7 Å². The van der Waals surface area contributed by atoms with E-state index in [2.05, 4.69) is 25.2 Å². The van der Waals surface area contributed by atoms with Crippen molar-refractivity contribution in [3.05, 3.63) is 59.8 Å². The molecular weight excluding hydrogens is 492 g/mol. The Hall–Kier alpha value is -3.66. The first kappa shape index (κ1) is 25.4. The third-order valence-electron chi connectivity index (χ3n) is 5.88. The molecule has 0 saturated carbocycles. The number of ether oxygens (including phenoxy) is 1. The summed E-state index contributed by atoms with van der Waals surface area (Å²) in [6.07, 6.45) is 2.07. The van der Waals surface area contributed by atoms with Crippen LogP contribution in [0.25, 0.3) is 11.3 Å². The van der Waals surface area contributed by atoms with Crippen LogP contribution in [-0.4, -0.2) is 58.7 Å². The molecule has 11 heteroatoms. The van der Waals surface area contributed by atoms with Gasteiger partial charge in [0.2, 0.25) is 5.91 Å². The lowest BCUT2D eigenvalue weighted by Crippen LogP contribution is -2.47. The van der Waals surface area contributed by atoms with E-state index in [-0.39, 0.29) is 17.7 Å². The van der Waals surface area contributed by atoms with E-state index in [0.29, 0.717) is 23.4 Å². The lowest BCUT2D eigenvalue weighted by atomic mass is 9.99. The van der Waals surface area contributed by atoms with Crippen LogP contribution in [0.5, 0.6) is 5.75 Å². The van der Waals surface area contributed by atoms with Crippen molar-refractivity contribution in [2.24, 2.45) is 0 Å². The maximum atomic E-state index is 13.2. The summed E-state index contributed by atoms with van der Waals surface area (Å²) in [5.74, 6) is -0.558. The minimum atomic E-state index is -3.83. The minimum absolute atomic E-state index is 0.0219. The third kappa shape index (κ3) is 5.28. The Morgan fingerprint density at radius 1 is 1.22 bits per heavy atom. The molecule has 1 aromatic heterocycles. The van der Waals surface area contributed by atoms with Crippen LogP contribution in [0.1, 0.15) is 29.8 Å². The summed E-state index contributed by atoms with van der Waals surface area (Å²) in [6, 6.07) is 10.4. The minimum Gasteiger partial charge on any atom is -0.420 e. The average molecular weight is 518 g/mol. The topological polar surface area (TPSA) is 90.6 Å². The van der Waals surface area contributed by atoms with E-state index in [1.807, 2.05) is 19.9 Å². The number of carbonyl (C=O) groups is 2. The number of aromatic nitrogens is 2. The van der Waals surface area contributed by atoms with E-state index in [4.69, 9.17) is 11.6 Å². The molecule has 3 aromatic rings. The number of hydrogen-bond donors (Lipinski definition) is 2. The van der Waals surface area contributed by atoms with Gasteiger partial charge >= 0.3 is 5.57 Å². The number of halogens is 3. The van der Waals surface area contributed by atoms with Crippen molar-refractivity contribution >= 4 is 34.8 Å². The summed E-state index contributed by atoms with van der Waals surface area (Å²) in [5.41, 5.74) is 0.169. The predicted octanol–water partition coefficient (Wildman–Crippen LogP) is 4.72. The molecule has 2 N–H and O–H groups in total. The van der Waals surface area contributed by atoms with Crippen molar-refractivity contribution < 1.29 is 23.1 Å². The van der Waals surface area contributed by atoms with Crippen LogP contribution < -0.4 is 15.0 Å². The number of nitrogens with zero attached hydrogens (tertiary/aromatic N) is 3. The fourth-order valence-electron chi connectivity index (χ4n) is 4.43. The van der Waals surface area contributed by atoms with Gasteiger partial charge in [0.15, 0.2) is 0 Å². The Morgan fingerprint density at radius 3 is 2.47 bits per heavy atom. The van der Waals surface area contributed by atoms with Gasteiger partial charge < -0.3 is 19.9 Å². The van der Waals surface area contributed by atoms with E-state index in [0.717, 1.165) is 16.8 Å². The van der Waals surface area contributed by atoms with E-state index in [9.17, 15) is 18.4 Å². The van der Waals surface area contributed by atoms with Gasteiger partial charge in [-0.2, -0.15) is 5.10 Å². The first-order chi connectivity index (χ1) is 16.9. The number of hydrogen-bond acceptors (Lipinski definition) is 5. The highest BCUT2D eigenvalue weighted by atomic mass is 35.5. The number of fused-ring (bicyclic) bond motifs is 1. The van der Waals surface area contributed by atoms with Crippen LogP contribution in [0.2, 0.25) is 0 Å². The largest absolute Gasteiger partial charge is 0.487 e. The average Bonchev–Trinajstić information content (AvgIpc) is 3.46. The zero-order valence-corrected chi connectivity index (χ0v) is 20.9. The number of anilines is 2. The number of rotatable bonds is 7. The van der Waals surface area contributed by atoms with Crippen molar-refractivity contribution in [2.45, 2.75) is 37.9 Å². The molecule has 1 unspecified atom stereocenters. The van der Waals surface area contributed by atoms with Crippen LogP contribution in [0.3, 0.4) is 0 Å². The maximum Gasteiger partial charge on any atom is 0.487 e. The quantitative estimate of drug-likeness (QED) is 0.442. The van der Waals surface area contributed by atoms with Gasteiger partial charge in [-0.15, -0.1) is 8.78 Å². The fourth-order valence-corrected chi connectivity index (χ4v) is 4.51. The van der Waals surface area contributed by atoms with Crippen LogP contribution >= 0.6 is 11.6 Å². The molecule has 0 radical (unpaired) electrons. The van der Waals surface area contributed by atoms with Gasteiger partial charge in [-0.1, -0.05) is 0 Å². The first-order valence-corrected chi connectivity index (χ1v) is 11.7. The highest BCUT2D eigenvalue weighted by Crippen LogP contribution is 2.43. The number of amides is 2. The zero-order valence-electron chi connectivity index (χ0n) is 20.2. The lowest BCUT2D eigenvalue weighted by Gasteiger charge is -2.33. The molecule has 4 rings (SSSR count). The van der Waals surface area contributed by atoms with Crippen molar-refractivity contribution in [1.82, 2.24) is 15.1 Å². The van der Waals surface area contributed by atoms with E-state index < -0.39 is 17.5 Å². The highest BCUT2D eigenvalue weighted by molar-refractivity contribution is 6.20. The molecule has 0 spiro atoms. The second-order valence-electron chi connectivity index (χ2n) is 8.98. The summed E-state index contributed by atoms with van der Waals surface area (Å²) in [4.78, 5) is 29.9. The molecule has 190 valence electrons. The second kappa shape index (κ2) is 9.77. The summed E-state index contributed by atoms with van der Waals surface area (Å²) >= 11 is 4.79. The summed E-state index contributed by atoms with van der Waals surface area (Å²) in [5, 5.41) is 9.79. The maximum absolute atomic E-state index is 13.2. The molecule has 36 heavy (non-hydrogen) atoms. The Balaban J connectivity index is 1.69. The van der Waals surface area contributed by atoms with Crippen LogP contribution in [0.4, 0.5) is 20.2 Å². The molecule has 0 aliphatic carbocycles. The highest BCUT2D eigenvalue weighted by Gasteiger charge is 2.39. The molecule has 8 nitrogen and oxygen atoms in total. The first-order valence-electron chi connectivity index (χ1n) is 11.3. The zero-order chi connectivity index (χ0) is 26.2. The molecule has 1 aliphatic rings. The van der Waals surface area contributed by atoms with Crippen molar-refractivity contribution in [3.63, 3.8) is 0 Å². The number of carbonyl (C=O) groups excluding carboxylic acids is 2. The van der Waals surface area contributed by atoms with Crippen LogP contribution in [0, 0.1) is 0 Å². The Labute approximate surface area is 212 Å². The molecule has 2 heterocycles. The van der Waals surface area contributed by atoms with Crippen molar-refractivity contribution in [2.75, 3.05) is 24.3 Å². The van der Waals surface area contributed by atoms with Crippen LogP contribution in [0.15, 0.2) is 48.7 Å². The SMILES string of the molecule is CC(C)N1c2c(cc(C(=O)Nc3ccc(OC(F)(F)Cl)cc3)cc2-c2ccn[nH]2)CC1C(=O)N(C)C. The molecule has 1 atom stereocenters.